The van der Waals surface area contributed by atoms with Gasteiger partial charge < -0.3 is 15.4 Å². The van der Waals surface area contributed by atoms with E-state index in [9.17, 15) is 9.59 Å². The molecule has 10 heteroatoms. The SMILES string of the molecule is CCC(CC)NC(=O)C1=NC=C(NC(=O)c2n[nH]c3ccc(-c4cncc(CN5CCOCC5)c4)cc23)CC1. The largest absolute Gasteiger partial charge is 0.379 e. The molecule has 0 spiro atoms. The van der Waals surface area contributed by atoms with Crippen molar-refractivity contribution in [1.29, 1.82) is 0 Å². The molecule has 1 aromatic carbocycles. The van der Waals surface area contributed by atoms with E-state index in [1.807, 2.05) is 44.4 Å². The van der Waals surface area contributed by atoms with E-state index in [1.165, 1.54) is 0 Å². The molecule has 2 aliphatic rings. The summed E-state index contributed by atoms with van der Waals surface area (Å²) in [6, 6.07) is 8.19. The van der Waals surface area contributed by atoms with E-state index in [-0.39, 0.29) is 17.9 Å². The van der Waals surface area contributed by atoms with E-state index >= 15 is 0 Å². The summed E-state index contributed by atoms with van der Waals surface area (Å²) >= 11 is 0. The summed E-state index contributed by atoms with van der Waals surface area (Å²) in [5.74, 6) is -0.455. The smallest absolute Gasteiger partial charge is 0.276 e. The van der Waals surface area contributed by atoms with Crippen LogP contribution in [0.4, 0.5) is 0 Å². The first kappa shape index (κ1) is 26.7. The summed E-state index contributed by atoms with van der Waals surface area (Å²) in [4.78, 5) is 36.8. The molecular formula is C29H35N7O3. The summed E-state index contributed by atoms with van der Waals surface area (Å²) in [6.45, 7) is 8.27. The Morgan fingerprint density at radius 1 is 1.05 bits per heavy atom. The fourth-order valence-corrected chi connectivity index (χ4v) is 4.89. The van der Waals surface area contributed by atoms with Gasteiger partial charge in [0.15, 0.2) is 5.69 Å². The number of carbonyl (C=O) groups excluding carboxylic acids is 2. The summed E-state index contributed by atoms with van der Waals surface area (Å²) in [6.07, 6.45) is 8.05. The molecule has 4 heterocycles. The average molecular weight is 530 g/mol. The molecule has 0 saturated carbocycles. The molecule has 39 heavy (non-hydrogen) atoms. The minimum Gasteiger partial charge on any atom is -0.379 e. The maximum Gasteiger partial charge on any atom is 0.276 e. The number of pyridine rings is 1. The van der Waals surface area contributed by atoms with Crippen LogP contribution < -0.4 is 10.6 Å². The van der Waals surface area contributed by atoms with Crippen LogP contribution in [0.3, 0.4) is 0 Å². The van der Waals surface area contributed by atoms with Gasteiger partial charge in [-0.2, -0.15) is 5.10 Å². The molecule has 3 N–H and O–H groups in total. The van der Waals surface area contributed by atoms with E-state index in [2.05, 4.69) is 41.8 Å². The Hall–Kier alpha value is -3.89. The third kappa shape index (κ3) is 6.40. The highest BCUT2D eigenvalue weighted by Crippen LogP contribution is 2.26. The molecule has 0 unspecified atom stereocenters. The van der Waals surface area contributed by atoms with Crippen LogP contribution in [0.25, 0.3) is 22.0 Å². The van der Waals surface area contributed by atoms with E-state index in [4.69, 9.17) is 4.74 Å². The zero-order chi connectivity index (χ0) is 27.2. The lowest BCUT2D eigenvalue weighted by Gasteiger charge is -2.26. The first-order chi connectivity index (χ1) is 19.0. The number of ether oxygens (including phenoxy) is 1. The number of benzene rings is 1. The summed E-state index contributed by atoms with van der Waals surface area (Å²) < 4.78 is 5.45. The second kappa shape index (κ2) is 12.3. The van der Waals surface area contributed by atoms with Gasteiger partial charge in [-0.3, -0.25) is 29.6 Å². The zero-order valence-corrected chi connectivity index (χ0v) is 22.5. The lowest BCUT2D eigenvalue weighted by molar-refractivity contribution is -0.115. The monoisotopic (exact) mass is 529 g/mol. The van der Waals surface area contributed by atoms with Crippen LogP contribution in [0.1, 0.15) is 55.6 Å². The van der Waals surface area contributed by atoms with Gasteiger partial charge in [0.1, 0.15) is 5.71 Å². The molecule has 0 aliphatic carbocycles. The summed E-state index contributed by atoms with van der Waals surface area (Å²) in [5, 5.41) is 13.9. The normalized spacial score (nSPS) is 16.2. The molecule has 1 saturated heterocycles. The van der Waals surface area contributed by atoms with Gasteiger partial charge in [0.05, 0.1) is 18.7 Å². The van der Waals surface area contributed by atoms with Crippen molar-refractivity contribution in [1.82, 2.24) is 30.7 Å². The topological polar surface area (TPSA) is 125 Å². The highest BCUT2D eigenvalue weighted by Gasteiger charge is 2.21. The number of nitrogens with one attached hydrogen (secondary N) is 3. The Kier molecular flexibility index (Phi) is 8.43. The quantitative estimate of drug-likeness (QED) is 0.389. The number of aliphatic imine (C=N–C) groups is 1. The van der Waals surface area contributed by atoms with Gasteiger partial charge in [-0.05, 0) is 48.6 Å². The first-order valence-electron chi connectivity index (χ1n) is 13.6. The standard InChI is InChI=1S/C29H35N7O3/c1-3-22(4-2)32-28(37)26-8-6-23(17-31-26)33-29(38)27-24-14-20(5-7-25(24)34-35-27)21-13-19(15-30-16-21)18-36-9-11-39-12-10-36/h5,7,13-17,22H,3-4,6,8-12,18H2,1-2H3,(H,32,37)(H,33,38)(H,34,35). The fraction of sp³-hybridized carbons (Fsp3) is 0.414. The van der Waals surface area contributed by atoms with Crippen LogP contribution in [0.5, 0.6) is 0 Å². The molecular weight excluding hydrogens is 494 g/mol. The van der Waals surface area contributed by atoms with E-state index in [1.54, 1.807) is 6.20 Å². The summed E-state index contributed by atoms with van der Waals surface area (Å²) in [7, 11) is 0. The van der Waals surface area contributed by atoms with Gasteiger partial charge in [-0.15, -0.1) is 0 Å². The molecule has 2 aliphatic heterocycles. The molecule has 10 nitrogen and oxygen atoms in total. The van der Waals surface area contributed by atoms with Crippen LogP contribution in [-0.2, 0) is 16.1 Å². The first-order valence-corrected chi connectivity index (χ1v) is 13.6. The molecule has 5 rings (SSSR count). The van der Waals surface area contributed by atoms with Gasteiger partial charge in [0, 0.05) is 67.3 Å². The van der Waals surface area contributed by atoms with Crippen LogP contribution in [0.2, 0.25) is 0 Å². The maximum absolute atomic E-state index is 13.2. The van der Waals surface area contributed by atoms with Crippen LogP contribution >= 0.6 is 0 Å². The number of aromatic nitrogens is 3. The second-order valence-corrected chi connectivity index (χ2v) is 9.97. The Bertz CT molecular complexity index is 1400. The minimum absolute atomic E-state index is 0.139. The number of allylic oxidation sites excluding steroid dienone is 1. The van der Waals surface area contributed by atoms with Gasteiger partial charge >= 0.3 is 0 Å². The minimum atomic E-state index is -0.316. The van der Waals surface area contributed by atoms with Gasteiger partial charge in [0.2, 0.25) is 0 Å². The van der Waals surface area contributed by atoms with Crippen molar-refractivity contribution >= 4 is 28.4 Å². The molecule has 3 aromatic rings. The lowest BCUT2D eigenvalue weighted by Crippen LogP contribution is -2.39. The molecule has 0 atom stereocenters. The molecule has 0 bridgehead atoms. The third-order valence-electron chi connectivity index (χ3n) is 7.28. The highest BCUT2D eigenvalue weighted by atomic mass is 16.5. The number of aromatic amines is 1. The number of fused-ring (bicyclic) bond motifs is 1. The number of morpholine rings is 1. The van der Waals surface area contributed by atoms with Crippen LogP contribution in [-0.4, -0.2) is 70.0 Å². The summed E-state index contributed by atoms with van der Waals surface area (Å²) in [5.41, 5.74) is 5.31. The van der Waals surface area contributed by atoms with Crippen molar-refractivity contribution in [2.24, 2.45) is 4.99 Å². The number of hydrogen-bond donors (Lipinski definition) is 3. The van der Waals surface area contributed by atoms with Crippen molar-refractivity contribution in [2.75, 3.05) is 26.3 Å². The predicted octanol–water partition coefficient (Wildman–Crippen LogP) is 3.57. The Labute approximate surface area is 227 Å². The van der Waals surface area contributed by atoms with Gasteiger partial charge in [-0.25, -0.2) is 0 Å². The lowest BCUT2D eigenvalue weighted by atomic mass is 10.0. The Morgan fingerprint density at radius 3 is 2.62 bits per heavy atom. The van der Waals surface area contributed by atoms with E-state index in [0.717, 1.165) is 73.3 Å². The van der Waals surface area contributed by atoms with Crippen LogP contribution in [0.15, 0.2) is 53.5 Å². The zero-order valence-electron chi connectivity index (χ0n) is 22.5. The maximum atomic E-state index is 13.2. The Morgan fingerprint density at radius 2 is 1.87 bits per heavy atom. The van der Waals surface area contributed by atoms with Gasteiger partial charge in [0.25, 0.3) is 11.8 Å². The van der Waals surface area contributed by atoms with Gasteiger partial charge in [-0.1, -0.05) is 19.9 Å². The number of carbonyl (C=O) groups is 2. The molecule has 2 amide bonds. The molecule has 2 aromatic heterocycles. The fourth-order valence-electron chi connectivity index (χ4n) is 4.89. The van der Waals surface area contributed by atoms with E-state index in [0.29, 0.717) is 29.9 Å². The van der Waals surface area contributed by atoms with Crippen molar-refractivity contribution in [2.45, 2.75) is 52.1 Å². The number of H-pyrrole nitrogens is 1. The predicted molar refractivity (Wildman–Crippen MR) is 150 cm³/mol. The van der Waals surface area contributed by atoms with Crippen molar-refractivity contribution < 1.29 is 14.3 Å². The van der Waals surface area contributed by atoms with Crippen LogP contribution in [0, 0.1) is 0 Å². The van der Waals surface area contributed by atoms with E-state index < -0.39 is 0 Å². The average Bonchev–Trinajstić information content (AvgIpc) is 3.40. The Balaban J connectivity index is 1.29. The number of amides is 2. The molecule has 204 valence electrons. The van der Waals surface area contributed by atoms with Crippen molar-refractivity contribution in [3.8, 4) is 11.1 Å². The second-order valence-electron chi connectivity index (χ2n) is 9.97. The van der Waals surface area contributed by atoms with Crippen molar-refractivity contribution in [3.63, 3.8) is 0 Å². The highest BCUT2D eigenvalue weighted by molar-refractivity contribution is 6.39. The molecule has 1 fully saturated rings. The third-order valence-corrected chi connectivity index (χ3v) is 7.28. The number of hydrogen-bond acceptors (Lipinski definition) is 7. The molecule has 0 radical (unpaired) electrons. The number of rotatable bonds is 9. The number of nitrogens with zero attached hydrogens (tertiary/aromatic N) is 4. The van der Waals surface area contributed by atoms with Crippen molar-refractivity contribution in [3.05, 3.63) is 59.8 Å².